The highest BCUT2D eigenvalue weighted by Crippen LogP contribution is 2.66. The van der Waals surface area contributed by atoms with Crippen LogP contribution in [0.5, 0.6) is 0 Å². The molecule has 0 aliphatic heterocycles. The Kier molecular flexibility index (Phi) is 5.26. The zero-order chi connectivity index (χ0) is 19.4. The summed E-state index contributed by atoms with van der Waals surface area (Å²) < 4.78 is 6.68. The molecule has 4 rings (SSSR count). The Hall–Kier alpha value is -0.390. The van der Waals surface area contributed by atoms with Gasteiger partial charge < -0.3 is 4.74 Å². The van der Waals surface area contributed by atoms with E-state index in [1.165, 1.54) is 26.2 Å². The summed E-state index contributed by atoms with van der Waals surface area (Å²) in [6.45, 7) is 5.83. The molecule has 0 unspecified atom stereocenters. The van der Waals surface area contributed by atoms with Crippen LogP contribution in [0, 0.1) is 34.5 Å². The summed E-state index contributed by atoms with van der Waals surface area (Å²) in [7, 11) is 0. The quantitative estimate of drug-likeness (QED) is 0.230. The highest BCUT2D eigenvalue weighted by atomic mass is 127. The highest BCUT2D eigenvalue weighted by molar-refractivity contribution is 14.1. The van der Waals surface area contributed by atoms with E-state index in [2.05, 4.69) is 35.6 Å². The predicted molar refractivity (Wildman–Crippen MR) is 115 cm³/mol. The van der Waals surface area contributed by atoms with Crippen LogP contribution in [0.1, 0.15) is 72.1 Å². The minimum absolute atomic E-state index is 0.0731. The van der Waals surface area contributed by atoms with Crippen LogP contribution in [0.15, 0.2) is 11.6 Å². The van der Waals surface area contributed by atoms with Crippen molar-refractivity contribution in [3.05, 3.63) is 11.6 Å². The normalized spacial score (nSPS) is 45.9. The van der Waals surface area contributed by atoms with E-state index in [9.17, 15) is 9.59 Å². The van der Waals surface area contributed by atoms with E-state index < -0.39 is 0 Å². The van der Waals surface area contributed by atoms with Gasteiger partial charge in [-0.3, -0.25) is 9.59 Å². The van der Waals surface area contributed by atoms with Crippen LogP contribution < -0.4 is 0 Å². The number of esters is 1. The number of carbonyl (C=O) groups is 2. The third-order valence-electron chi connectivity index (χ3n) is 8.85. The maximum absolute atomic E-state index is 12.4. The Labute approximate surface area is 177 Å². The first-order valence-electron chi connectivity index (χ1n) is 10.7. The van der Waals surface area contributed by atoms with Gasteiger partial charge in [0, 0.05) is 23.7 Å². The third-order valence-corrected chi connectivity index (χ3v) is 10.3. The molecule has 0 amide bonds. The first-order valence-corrected chi connectivity index (χ1v) is 12.3. The maximum atomic E-state index is 12.4. The Bertz CT molecular complexity index is 671. The number of hydrogen-bond acceptors (Lipinski definition) is 3. The van der Waals surface area contributed by atoms with Crippen molar-refractivity contribution in [1.29, 1.82) is 0 Å². The topological polar surface area (TPSA) is 43.4 Å². The fraction of sp³-hybridized carbons (Fsp3) is 0.826. The van der Waals surface area contributed by atoms with Crippen LogP contribution in [0.4, 0.5) is 0 Å². The fourth-order valence-corrected chi connectivity index (χ4v) is 9.12. The van der Waals surface area contributed by atoms with Gasteiger partial charge in [-0.05, 0) is 80.5 Å². The molecule has 0 spiro atoms. The average molecular weight is 484 g/mol. The molecule has 3 fully saturated rings. The largest absolute Gasteiger partial charge is 0.462 e. The molecule has 4 aliphatic rings. The molecular formula is C23H33IO3. The van der Waals surface area contributed by atoms with Gasteiger partial charge in [0.2, 0.25) is 0 Å². The molecule has 0 aromatic carbocycles. The van der Waals surface area contributed by atoms with Crippen LogP contribution >= 0.6 is 22.6 Å². The number of rotatable bonds is 3. The smallest absolute Gasteiger partial charge is 0.302 e. The second-order valence-electron chi connectivity index (χ2n) is 9.88. The van der Waals surface area contributed by atoms with Gasteiger partial charge in [0.15, 0.2) is 0 Å². The van der Waals surface area contributed by atoms with Crippen molar-refractivity contribution in [2.45, 2.75) is 78.2 Å². The molecule has 0 aromatic rings. The summed E-state index contributed by atoms with van der Waals surface area (Å²) >= 11 is 2.57. The van der Waals surface area contributed by atoms with E-state index in [0.29, 0.717) is 17.6 Å². The van der Waals surface area contributed by atoms with E-state index in [0.717, 1.165) is 48.4 Å². The summed E-state index contributed by atoms with van der Waals surface area (Å²) in [5.74, 6) is 2.75. The Morgan fingerprint density at radius 2 is 1.93 bits per heavy atom. The van der Waals surface area contributed by atoms with Gasteiger partial charge in [0.05, 0.1) is 0 Å². The van der Waals surface area contributed by atoms with Crippen molar-refractivity contribution >= 4 is 34.3 Å². The van der Waals surface area contributed by atoms with Crippen molar-refractivity contribution in [1.82, 2.24) is 0 Å². The van der Waals surface area contributed by atoms with Gasteiger partial charge in [-0.1, -0.05) is 41.2 Å². The van der Waals surface area contributed by atoms with E-state index in [1.807, 2.05) is 6.92 Å². The van der Waals surface area contributed by atoms with Crippen LogP contribution in [0.3, 0.4) is 0 Å². The van der Waals surface area contributed by atoms with Crippen molar-refractivity contribution in [3.8, 4) is 0 Å². The zero-order valence-corrected chi connectivity index (χ0v) is 19.1. The van der Waals surface area contributed by atoms with Gasteiger partial charge in [0.25, 0.3) is 0 Å². The summed E-state index contributed by atoms with van der Waals surface area (Å²) in [6.07, 6.45) is 11.6. The standard InChI is InChI=1S/C23H33IO3/c1-14(25)19-6-7-21-18-5-4-16-12-17(27-15(2)26)8-10-22(16,3)20(18)9-11-23(19,21)13-24/h4,17-21H,5-13H2,1-3H3/t17-,18+,19+,20-,21-,22-,23-/m0/s1. The molecule has 0 aromatic heterocycles. The minimum Gasteiger partial charge on any atom is -0.462 e. The van der Waals surface area contributed by atoms with Gasteiger partial charge in [-0.15, -0.1) is 0 Å². The molecule has 0 N–H and O–H groups in total. The number of halogens is 1. The lowest BCUT2D eigenvalue weighted by molar-refractivity contribution is -0.149. The SMILES string of the molecule is CC(=O)O[C@H]1CC[C@@]2(C)C(=CC[C@H]3[C@@H]4CC[C@H](C(C)=O)[C@@]4(CI)CC[C@@H]32)C1. The monoisotopic (exact) mass is 484 g/mol. The van der Waals surface area contributed by atoms with E-state index in [1.54, 1.807) is 5.57 Å². The second-order valence-corrected chi connectivity index (χ2v) is 10.6. The molecule has 3 nitrogen and oxygen atoms in total. The van der Waals surface area contributed by atoms with Crippen molar-refractivity contribution in [2.24, 2.45) is 34.5 Å². The number of allylic oxidation sites excluding steroid dienone is 1. The molecule has 150 valence electrons. The van der Waals surface area contributed by atoms with E-state index in [-0.39, 0.29) is 22.9 Å². The lowest BCUT2D eigenvalue weighted by Crippen LogP contribution is -2.52. The number of ketones is 1. The van der Waals surface area contributed by atoms with Crippen LogP contribution in [-0.2, 0) is 14.3 Å². The number of Topliss-reactive ketones (excluding diaryl/α,β-unsaturated/α-hetero) is 1. The first-order chi connectivity index (χ1) is 12.8. The minimum atomic E-state index is -0.149. The highest BCUT2D eigenvalue weighted by Gasteiger charge is 2.60. The Morgan fingerprint density at radius 3 is 2.59 bits per heavy atom. The van der Waals surface area contributed by atoms with Gasteiger partial charge in [0.1, 0.15) is 11.9 Å². The lowest BCUT2D eigenvalue weighted by Gasteiger charge is -2.58. The second kappa shape index (κ2) is 7.14. The van der Waals surface area contributed by atoms with Crippen LogP contribution in [0.2, 0.25) is 0 Å². The fourth-order valence-electron chi connectivity index (χ4n) is 7.64. The van der Waals surface area contributed by atoms with Gasteiger partial charge >= 0.3 is 5.97 Å². The number of hydrogen-bond donors (Lipinski definition) is 0. The average Bonchev–Trinajstić information content (AvgIpc) is 3.02. The molecule has 4 heteroatoms. The molecule has 27 heavy (non-hydrogen) atoms. The molecular weight excluding hydrogens is 451 g/mol. The van der Waals surface area contributed by atoms with E-state index in [4.69, 9.17) is 4.74 Å². The first kappa shape index (κ1) is 19.9. The molecule has 0 saturated heterocycles. The predicted octanol–water partition coefficient (Wildman–Crippen LogP) is 5.50. The van der Waals surface area contributed by atoms with Gasteiger partial charge in [-0.25, -0.2) is 0 Å². The molecule has 4 aliphatic carbocycles. The lowest BCUT2D eigenvalue weighted by atomic mass is 9.47. The maximum Gasteiger partial charge on any atom is 0.302 e. The van der Waals surface area contributed by atoms with Crippen molar-refractivity contribution in [3.63, 3.8) is 0 Å². The van der Waals surface area contributed by atoms with Crippen molar-refractivity contribution in [2.75, 3.05) is 4.43 Å². The van der Waals surface area contributed by atoms with Crippen LogP contribution in [0.25, 0.3) is 0 Å². The van der Waals surface area contributed by atoms with Crippen LogP contribution in [-0.4, -0.2) is 22.3 Å². The zero-order valence-electron chi connectivity index (χ0n) is 16.9. The van der Waals surface area contributed by atoms with E-state index >= 15 is 0 Å². The van der Waals surface area contributed by atoms with Crippen molar-refractivity contribution < 1.29 is 14.3 Å². The molecule has 0 radical (unpaired) electrons. The third kappa shape index (κ3) is 3.03. The number of ether oxygens (including phenoxy) is 1. The molecule has 0 bridgehead atoms. The molecule has 7 atom stereocenters. The number of carbonyl (C=O) groups excluding carboxylic acids is 2. The Balaban J connectivity index is 1.61. The summed E-state index contributed by atoms with van der Waals surface area (Å²) in [5, 5.41) is 0. The number of alkyl halides is 1. The number of fused-ring (bicyclic) bond motifs is 5. The molecule has 3 saturated carbocycles. The van der Waals surface area contributed by atoms with Gasteiger partial charge in [-0.2, -0.15) is 0 Å². The summed E-state index contributed by atoms with van der Waals surface area (Å²) in [5.41, 5.74) is 2.07. The Morgan fingerprint density at radius 1 is 1.15 bits per heavy atom. The summed E-state index contributed by atoms with van der Waals surface area (Å²) in [6, 6.07) is 0. The summed E-state index contributed by atoms with van der Waals surface area (Å²) in [4.78, 5) is 23.8. The molecule has 0 heterocycles.